The molecular formula is C18H24F3N3O. The number of nitrogens with zero attached hydrogens (tertiary/aromatic N) is 2. The summed E-state index contributed by atoms with van der Waals surface area (Å²) in [5, 5.41) is 2.43. The van der Waals surface area contributed by atoms with Crippen molar-refractivity contribution in [1.29, 1.82) is 0 Å². The Morgan fingerprint density at radius 3 is 2.36 bits per heavy atom. The number of piperidine rings is 1. The molecule has 2 heterocycles. The number of benzene rings is 1. The lowest BCUT2D eigenvalue weighted by molar-refractivity contribution is -0.136. The van der Waals surface area contributed by atoms with Crippen LogP contribution in [0.5, 0.6) is 0 Å². The third-order valence-corrected chi connectivity index (χ3v) is 5.09. The van der Waals surface area contributed by atoms with Crippen LogP contribution in [-0.4, -0.2) is 48.6 Å². The van der Waals surface area contributed by atoms with Gasteiger partial charge in [-0.3, -0.25) is 0 Å². The quantitative estimate of drug-likeness (QED) is 0.888. The number of alkyl halides is 3. The van der Waals surface area contributed by atoms with Crippen molar-refractivity contribution < 1.29 is 18.0 Å². The molecule has 2 saturated heterocycles. The Hall–Kier alpha value is -1.76. The van der Waals surface area contributed by atoms with Crippen LogP contribution in [0.3, 0.4) is 0 Å². The molecule has 7 heteroatoms. The zero-order valence-corrected chi connectivity index (χ0v) is 14.2. The SMILES string of the molecule is O=C(Nc1ccccc1C(F)(F)F)N1CCC(CN2CCCC2)CC1. The number of rotatable bonds is 3. The Balaban J connectivity index is 1.53. The molecule has 0 spiro atoms. The molecular weight excluding hydrogens is 331 g/mol. The molecule has 0 saturated carbocycles. The summed E-state index contributed by atoms with van der Waals surface area (Å²) in [5.41, 5.74) is -0.994. The number of likely N-dealkylation sites (tertiary alicyclic amines) is 2. The van der Waals surface area contributed by atoms with Gasteiger partial charge in [-0.1, -0.05) is 12.1 Å². The average Bonchev–Trinajstić information content (AvgIpc) is 3.08. The summed E-state index contributed by atoms with van der Waals surface area (Å²) < 4.78 is 39.0. The van der Waals surface area contributed by atoms with Crippen LogP contribution < -0.4 is 5.32 Å². The molecule has 0 aliphatic carbocycles. The zero-order chi connectivity index (χ0) is 17.9. The Morgan fingerprint density at radius 2 is 1.72 bits per heavy atom. The molecule has 0 bridgehead atoms. The number of anilines is 1. The fourth-order valence-electron chi connectivity index (χ4n) is 3.68. The molecule has 4 nitrogen and oxygen atoms in total. The van der Waals surface area contributed by atoms with Gasteiger partial charge in [0.15, 0.2) is 0 Å². The Kier molecular flexibility index (Phi) is 5.51. The molecule has 2 amide bonds. The lowest BCUT2D eigenvalue weighted by Crippen LogP contribution is -2.43. The van der Waals surface area contributed by atoms with E-state index in [2.05, 4.69) is 10.2 Å². The summed E-state index contributed by atoms with van der Waals surface area (Å²) in [6.07, 6.45) is -0.137. The standard InChI is InChI=1S/C18H24F3N3O/c19-18(20,21)15-5-1-2-6-16(15)22-17(25)24-11-7-14(8-12-24)13-23-9-3-4-10-23/h1-2,5-6,14H,3-4,7-13H2,(H,22,25). The van der Waals surface area contributed by atoms with Gasteiger partial charge in [0, 0.05) is 19.6 Å². The average molecular weight is 355 g/mol. The second kappa shape index (κ2) is 7.64. The molecule has 1 aromatic carbocycles. The number of amides is 2. The topological polar surface area (TPSA) is 35.6 Å². The number of halogens is 3. The molecule has 1 N–H and O–H groups in total. The second-order valence-corrected chi connectivity index (χ2v) is 6.91. The van der Waals surface area contributed by atoms with Gasteiger partial charge in [0.05, 0.1) is 11.3 Å². The van der Waals surface area contributed by atoms with Crippen molar-refractivity contribution >= 4 is 11.7 Å². The van der Waals surface area contributed by atoms with Crippen LogP contribution in [-0.2, 0) is 6.18 Å². The summed E-state index contributed by atoms with van der Waals surface area (Å²) in [6, 6.07) is 4.64. The van der Waals surface area contributed by atoms with Crippen LogP contribution in [0.4, 0.5) is 23.7 Å². The Bertz CT molecular complexity index is 591. The zero-order valence-electron chi connectivity index (χ0n) is 14.2. The van der Waals surface area contributed by atoms with Crippen LogP contribution in [0, 0.1) is 5.92 Å². The molecule has 3 rings (SSSR count). The van der Waals surface area contributed by atoms with Gasteiger partial charge in [0.1, 0.15) is 0 Å². The van der Waals surface area contributed by atoms with Crippen molar-refractivity contribution in [3.05, 3.63) is 29.8 Å². The van der Waals surface area contributed by atoms with Crippen LogP contribution in [0.2, 0.25) is 0 Å². The number of carbonyl (C=O) groups excluding carboxylic acids is 1. The second-order valence-electron chi connectivity index (χ2n) is 6.91. The largest absolute Gasteiger partial charge is 0.418 e. The lowest BCUT2D eigenvalue weighted by Gasteiger charge is -2.34. The van der Waals surface area contributed by atoms with Gasteiger partial charge in [-0.2, -0.15) is 13.2 Å². The third-order valence-electron chi connectivity index (χ3n) is 5.09. The number of para-hydroxylation sites is 1. The van der Waals surface area contributed by atoms with Gasteiger partial charge in [-0.05, 0) is 56.8 Å². The van der Waals surface area contributed by atoms with Gasteiger partial charge in [-0.15, -0.1) is 0 Å². The maximum atomic E-state index is 13.0. The third kappa shape index (κ3) is 4.66. The normalized spacial score (nSPS) is 20.0. The lowest BCUT2D eigenvalue weighted by atomic mass is 9.96. The first-order valence-electron chi connectivity index (χ1n) is 8.88. The monoisotopic (exact) mass is 355 g/mol. The van der Waals surface area contributed by atoms with Crippen molar-refractivity contribution in [2.75, 3.05) is 38.0 Å². The molecule has 2 fully saturated rings. The minimum absolute atomic E-state index is 0.181. The number of urea groups is 1. The molecule has 2 aliphatic rings. The molecule has 25 heavy (non-hydrogen) atoms. The summed E-state index contributed by atoms with van der Waals surface area (Å²) in [4.78, 5) is 16.4. The highest BCUT2D eigenvalue weighted by molar-refractivity contribution is 5.90. The minimum atomic E-state index is -4.48. The van der Waals surface area contributed by atoms with Crippen LogP contribution in [0.25, 0.3) is 0 Å². The highest BCUT2D eigenvalue weighted by Gasteiger charge is 2.34. The van der Waals surface area contributed by atoms with E-state index in [1.54, 1.807) is 4.90 Å². The Labute approximate surface area is 146 Å². The minimum Gasteiger partial charge on any atom is -0.325 e. The highest BCUT2D eigenvalue weighted by Crippen LogP contribution is 2.34. The predicted molar refractivity (Wildman–Crippen MR) is 90.4 cm³/mol. The molecule has 1 aromatic rings. The van der Waals surface area contributed by atoms with E-state index in [4.69, 9.17) is 0 Å². The molecule has 0 radical (unpaired) electrons. The maximum absolute atomic E-state index is 13.0. The molecule has 0 unspecified atom stereocenters. The molecule has 0 atom stereocenters. The van der Waals surface area contributed by atoms with Gasteiger partial charge in [0.2, 0.25) is 0 Å². The van der Waals surface area contributed by atoms with Crippen molar-refractivity contribution in [3.8, 4) is 0 Å². The van der Waals surface area contributed by atoms with E-state index in [1.165, 1.54) is 31.0 Å². The van der Waals surface area contributed by atoms with Crippen molar-refractivity contribution in [1.82, 2.24) is 9.80 Å². The van der Waals surface area contributed by atoms with Gasteiger partial charge >= 0.3 is 12.2 Å². The van der Waals surface area contributed by atoms with Crippen LogP contribution in [0.1, 0.15) is 31.2 Å². The van der Waals surface area contributed by atoms with E-state index in [0.717, 1.165) is 38.5 Å². The molecule has 138 valence electrons. The first-order chi connectivity index (χ1) is 11.9. The van der Waals surface area contributed by atoms with Crippen molar-refractivity contribution in [2.45, 2.75) is 31.9 Å². The van der Waals surface area contributed by atoms with Gasteiger partial charge in [0.25, 0.3) is 0 Å². The Morgan fingerprint density at radius 1 is 1.08 bits per heavy atom. The fraction of sp³-hybridized carbons (Fsp3) is 0.611. The smallest absolute Gasteiger partial charge is 0.325 e. The van der Waals surface area contributed by atoms with E-state index in [9.17, 15) is 18.0 Å². The highest BCUT2D eigenvalue weighted by atomic mass is 19.4. The van der Waals surface area contributed by atoms with E-state index in [-0.39, 0.29) is 5.69 Å². The summed E-state index contributed by atoms with van der Waals surface area (Å²) in [5.74, 6) is 0.574. The van der Waals surface area contributed by atoms with E-state index < -0.39 is 17.8 Å². The van der Waals surface area contributed by atoms with Gasteiger partial charge < -0.3 is 15.1 Å². The van der Waals surface area contributed by atoms with E-state index >= 15 is 0 Å². The number of nitrogens with one attached hydrogen (secondary N) is 1. The van der Waals surface area contributed by atoms with E-state index in [1.807, 2.05) is 0 Å². The first-order valence-corrected chi connectivity index (χ1v) is 8.88. The molecule has 2 aliphatic heterocycles. The summed E-state index contributed by atoms with van der Waals surface area (Å²) in [7, 11) is 0. The van der Waals surface area contributed by atoms with Crippen LogP contribution >= 0.6 is 0 Å². The fourth-order valence-corrected chi connectivity index (χ4v) is 3.68. The summed E-state index contributed by atoms with van der Waals surface area (Å²) in [6.45, 7) is 4.59. The predicted octanol–water partition coefficient (Wildman–Crippen LogP) is 4.05. The summed E-state index contributed by atoms with van der Waals surface area (Å²) >= 11 is 0. The van der Waals surface area contributed by atoms with Crippen molar-refractivity contribution in [3.63, 3.8) is 0 Å². The number of carbonyl (C=O) groups is 1. The first kappa shape index (κ1) is 18.0. The number of hydrogen-bond acceptors (Lipinski definition) is 2. The van der Waals surface area contributed by atoms with E-state index in [0.29, 0.717) is 19.0 Å². The maximum Gasteiger partial charge on any atom is 0.418 e. The van der Waals surface area contributed by atoms with Crippen LogP contribution in [0.15, 0.2) is 24.3 Å². The molecule has 0 aromatic heterocycles. The van der Waals surface area contributed by atoms with Crippen molar-refractivity contribution in [2.24, 2.45) is 5.92 Å². The number of hydrogen-bond donors (Lipinski definition) is 1. The van der Waals surface area contributed by atoms with Gasteiger partial charge in [-0.25, -0.2) is 4.79 Å².